The molecule has 0 aromatic carbocycles. The van der Waals surface area contributed by atoms with Crippen LogP contribution in [0.2, 0.25) is 0 Å². The summed E-state index contributed by atoms with van der Waals surface area (Å²) in [5, 5.41) is 12.2. The van der Waals surface area contributed by atoms with Gasteiger partial charge in [0.05, 0.1) is 18.6 Å². The molecule has 0 radical (unpaired) electrons. The summed E-state index contributed by atoms with van der Waals surface area (Å²) in [6.45, 7) is 0.448. The van der Waals surface area contributed by atoms with Crippen molar-refractivity contribution in [3.8, 4) is 0 Å². The fourth-order valence-corrected chi connectivity index (χ4v) is 2.29. The summed E-state index contributed by atoms with van der Waals surface area (Å²) < 4.78 is 36.8. The lowest BCUT2D eigenvalue weighted by atomic mass is 10.1. The number of carbonyl (C=O) groups excluding carboxylic acids is 1. The van der Waals surface area contributed by atoms with Gasteiger partial charge in [-0.15, -0.1) is 12.4 Å². The van der Waals surface area contributed by atoms with Gasteiger partial charge in [-0.25, -0.2) is 0 Å². The zero-order valence-corrected chi connectivity index (χ0v) is 11.8. The molecule has 1 saturated carbocycles. The van der Waals surface area contributed by atoms with Crippen LogP contribution >= 0.6 is 12.4 Å². The van der Waals surface area contributed by atoms with Crippen LogP contribution in [-0.2, 0) is 4.79 Å². The van der Waals surface area contributed by atoms with Crippen LogP contribution < -0.4 is 5.32 Å². The number of hydrogen-bond acceptors (Lipinski definition) is 3. The second-order valence-corrected chi connectivity index (χ2v) is 5.44. The van der Waals surface area contributed by atoms with Crippen molar-refractivity contribution in [1.82, 2.24) is 10.2 Å². The van der Waals surface area contributed by atoms with E-state index < -0.39 is 24.7 Å². The first-order valence-corrected chi connectivity index (χ1v) is 6.62. The van der Waals surface area contributed by atoms with E-state index in [0.717, 1.165) is 12.8 Å². The molecule has 20 heavy (non-hydrogen) atoms. The number of halogens is 4. The van der Waals surface area contributed by atoms with Crippen molar-refractivity contribution >= 4 is 18.3 Å². The first-order valence-electron chi connectivity index (χ1n) is 6.62. The Hall–Kier alpha value is -0.530. The Morgan fingerprint density at radius 1 is 1.35 bits per heavy atom. The third kappa shape index (κ3) is 5.46. The number of hydrogen-bond donors (Lipinski definition) is 2. The normalized spacial score (nSPS) is 26.2. The Kier molecular flexibility index (Phi) is 6.09. The van der Waals surface area contributed by atoms with E-state index in [1.165, 1.54) is 4.90 Å². The van der Waals surface area contributed by atoms with Gasteiger partial charge < -0.3 is 15.3 Å². The number of alkyl halides is 3. The number of aliphatic hydroxyl groups excluding tert-OH is 1. The number of carbonyl (C=O) groups is 1. The SMILES string of the molecule is Cl.O=C(C1CC(O)CN1)N(CCC(F)(F)F)CC1CC1. The van der Waals surface area contributed by atoms with Gasteiger partial charge in [-0.2, -0.15) is 13.2 Å². The van der Waals surface area contributed by atoms with E-state index in [9.17, 15) is 23.1 Å². The summed E-state index contributed by atoms with van der Waals surface area (Å²) in [4.78, 5) is 13.5. The molecule has 2 fully saturated rings. The maximum absolute atomic E-state index is 12.3. The zero-order valence-electron chi connectivity index (χ0n) is 11.0. The Morgan fingerprint density at radius 3 is 2.45 bits per heavy atom. The lowest BCUT2D eigenvalue weighted by molar-refractivity contribution is -0.146. The van der Waals surface area contributed by atoms with E-state index in [2.05, 4.69) is 5.32 Å². The highest BCUT2D eigenvalue weighted by Crippen LogP contribution is 2.31. The highest BCUT2D eigenvalue weighted by molar-refractivity contribution is 5.85. The molecule has 0 bridgehead atoms. The standard InChI is InChI=1S/C12H19F3N2O2.ClH/c13-12(14,15)3-4-17(7-8-1-2-8)11(19)10-5-9(18)6-16-10;/h8-10,16,18H,1-7H2;1H. The molecule has 2 N–H and O–H groups in total. The Bertz CT molecular complexity index is 337. The van der Waals surface area contributed by atoms with E-state index in [-0.39, 0.29) is 31.3 Å². The molecule has 2 rings (SSSR count). The maximum Gasteiger partial charge on any atom is 0.390 e. The predicted molar refractivity (Wildman–Crippen MR) is 69.6 cm³/mol. The highest BCUT2D eigenvalue weighted by atomic mass is 35.5. The number of amides is 1. The van der Waals surface area contributed by atoms with Crippen molar-refractivity contribution in [3.05, 3.63) is 0 Å². The summed E-state index contributed by atoms with van der Waals surface area (Å²) in [7, 11) is 0. The fourth-order valence-electron chi connectivity index (χ4n) is 2.29. The van der Waals surface area contributed by atoms with Crippen LogP contribution in [0.1, 0.15) is 25.7 Å². The molecule has 0 aromatic rings. The molecule has 4 nitrogen and oxygen atoms in total. The molecule has 1 aliphatic carbocycles. The van der Waals surface area contributed by atoms with Gasteiger partial charge in [0, 0.05) is 19.6 Å². The largest absolute Gasteiger partial charge is 0.392 e. The van der Waals surface area contributed by atoms with Gasteiger partial charge in [-0.05, 0) is 25.2 Å². The minimum atomic E-state index is -4.25. The van der Waals surface area contributed by atoms with Gasteiger partial charge in [-0.3, -0.25) is 4.79 Å². The lowest BCUT2D eigenvalue weighted by Crippen LogP contribution is -2.45. The lowest BCUT2D eigenvalue weighted by Gasteiger charge is -2.26. The van der Waals surface area contributed by atoms with Gasteiger partial charge in [0.15, 0.2) is 0 Å². The Morgan fingerprint density at radius 2 is 2.00 bits per heavy atom. The summed E-state index contributed by atoms with van der Waals surface area (Å²) in [6, 6.07) is -0.540. The fraction of sp³-hybridized carbons (Fsp3) is 0.917. The third-order valence-corrected chi connectivity index (χ3v) is 3.56. The van der Waals surface area contributed by atoms with Crippen molar-refractivity contribution in [3.63, 3.8) is 0 Å². The molecule has 118 valence electrons. The van der Waals surface area contributed by atoms with Crippen LogP contribution in [0.3, 0.4) is 0 Å². The Balaban J connectivity index is 0.00000200. The van der Waals surface area contributed by atoms with Crippen molar-refractivity contribution in [2.45, 2.75) is 44.0 Å². The Labute approximate surface area is 122 Å². The van der Waals surface area contributed by atoms with Crippen molar-refractivity contribution in [1.29, 1.82) is 0 Å². The molecule has 1 saturated heterocycles. The number of β-amino-alcohol motifs (C(OH)–C–C–N with tert-alkyl or cyclic N) is 1. The molecule has 0 spiro atoms. The molecule has 8 heteroatoms. The molecular formula is C12H20ClF3N2O2. The monoisotopic (exact) mass is 316 g/mol. The summed E-state index contributed by atoms with van der Waals surface area (Å²) in [6.07, 6.45) is -3.55. The minimum absolute atomic E-state index is 0. The molecule has 1 heterocycles. The third-order valence-electron chi connectivity index (χ3n) is 3.56. The summed E-state index contributed by atoms with van der Waals surface area (Å²) >= 11 is 0. The molecule has 2 aliphatic rings. The number of aliphatic hydroxyl groups is 1. The summed E-state index contributed by atoms with van der Waals surface area (Å²) in [5.41, 5.74) is 0. The van der Waals surface area contributed by atoms with Crippen LogP contribution in [0.25, 0.3) is 0 Å². The van der Waals surface area contributed by atoms with E-state index in [0.29, 0.717) is 19.0 Å². The van der Waals surface area contributed by atoms with E-state index in [4.69, 9.17) is 0 Å². The van der Waals surface area contributed by atoms with Crippen molar-refractivity contribution < 1.29 is 23.1 Å². The number of nitrogens with zero attached hydrogens (tertiary/aromatic N) is 1. The average molecular weight is 317 g/mol. The van der Waals surface area contributed by atoms with Gasteiger partial charge in [0.1, 0.15) is 0 Å². The second kappa shape index (κ2) is 6.95. The molecule has 2 atom stereocenters. The first-order chi connectivity index (χ1) is 8.85. The molecule has 1 amide bonds. The van der Waals surface area contributed by atoms with Crippen LogP contribution in [0.5, 0.6) is 0 Å². The number of rotatable bonds is 5. The predicted octanol–water partition coefficient (Wildman–Crippen LogP) is 1.32. The van der Waals surface area contributed by atoms with Crippen LogP contribution in [-0.4, -0.2) is 53.9 Å². The van der Waals surface area contributed by atoms with Gasteiger partial charge in [-0.1, -0.05) is 0 Å². The van der Waals surface area contributed by atoms with Crippen LogP contribution in [0.4, 0.5) is 13.2 Å². The van der Waals surface area contributed by atoms with Crippen molar-refractivity contribution in [2.75, 3.05) is 19.6 Å². The molecule has 2 unspecified atom stereocenters. The van der Waals surface area contributed by atoms with Gasteiger partial charge >= 0.3 is 6.18 Å². The zero-order chi connectivity index (χ0) is 14.0. The van der Waals surface area contributed by atoms with Crippen LogP contribution in [0.15, 0.2) is 0 Å². The highest BCUT2D eigenvalue weighted by Gasteiger charge is 2.36. The molecular weight excluding hydrogens is 297 g/mol. The average Bonchev–Trinajstić information content (AvgIpc) is 3.02. The topological polar surface area (TPSA) is 52.6 Å². The van der Waals surface area contributed by atoms with Crippen molar-refractivity contribution in [2.24, 2.45) is 5.92 Å². The van der Waals surface area contributed by atoms with Crippen LogP contribution in [0, 0.1) is 5.92 Å². The summed E-state index contributed by atoms with van der Waals surface area (Å²) in [5.74, 6) is 0.0382. The van der Waals surface area contributed by atoms with Gasteiger partial charge in [0.2, 0.25) is 5.91 Å². The quantitative estimate of drug-likeness (QED) is 0.804. The minimum Gasteiger partial charge on any atom is -0.392 e. The molecule has 0 aromatic heterocycles. The van der Waals surface area contributed by atoms with Gasteiger partial charge in [0.25, 0.3) is 0 Å². The second-order valence-electron chi connectivity index (χ2n) is 5.44. The maximum atomic E-state index is 12.3. The number of nitrogens with one attached hydrogen (secondary N) is 1. The van der Waals surface area contributed by atoms with E-state index in [1.807, 2.05) is 0 Å². The smallest absolute Gasteiger partial charge is 0.390 e. The van der Waals surface area contributed by atoms with E-state index >= 15 is 0 Å². The van der Waals surface area contributed by atoms with E-state index in [1.54, 1.807) is 0 Å². The molecule has 1 aliphatic heterocycles. The first kappa shape index (κ1) is 17.5.